The molecule has 31 heavy (non-hydrogen) atoms. The van der Waals surface area contributed by atoms with Crippen LogP contribution in [0.4, 0.5) is 5.69 Å². The minimum absolute atomic E-state index is 0.0335. The van der Waals surface area contributed by atoms with Crippen LogP contribution >= 0.6 is 0 Å². The number of nitrogens with zero attached hydrogens (tertiary/aromatic N) is 1. The maximum atomic E-state index is 13.4. The van der Waals surface area contributed by atoms with Gasteiger partial charge in [0.05, 0.1) is 24.4 Å². The Morgan fingerprint density at radius 1 is 1.19 bits per heavy atom. The SMILES string of the molecule is CCOC(=O)C1=C(C)NC2=C(C(=O)C[C@H](c3ccc(N(C)C)cc3)C2)[C@H]1c1ccco1. The van der Waals surface area contributed by atoms with Crippen LogP contribution in [0.25, 0.3) is 0 Å². The van der Waals surface area contributed by atoms with E-state index in [2.05, 4.69) is 34.5 Å². The Labute approximate surface area is 182 Å². The molecule has 1 aromatic carbocycles. The van der Waals surface area contributed by atoms with Gasteiger partial charge in [0.15, 0.2) is 5.78 Å². The zero-order valence-electron chi connectivity index (χ0n) is 18.4. The number of ether oxygens (including phenoxy) is 1. The van der Waals surface area contributed by atoms with Crippen LogP contribution in [0.2, 0.25) is 0 Å². The Morgan fingerprint density at radius 2 is 1.94 bits per heavy atom. The molecule has 0 bridgehead atoms. The van der Waals surface area contributed by atoms with Gasteiger partial charge in [0.2, 0.25) is 0 Å². The summed E-state index contributed by atoms with van der Waals surface area (Å²) in [5, 5.41) is 3.35. The summed E-state index contributed by atoms with van der Waals surface area (Å²) in [6.45, 7) is 3.89. The number of dihydropyridines is 1. The molecule has 2 atom stereocenters. The van der Waals surface area contributed by atoms with E-state index in [1.165, 1.54) is 0 Å². The van der Waals surface area contributed by atoms with Crippen molar-refractivity contribution >= 4 is 17.4 Å². The summed E-state index contributed by atoms with van der Waals surface area (Å²) in [5.74, 6) is -0.265. The van der Waals surface area contributed by atoms with E-state index in [0.29, 0.717) is 35.4 Å². The molecule has 1 aliphatic carbocycles. The zero-order valence-corrected chi connectivity index (χ0v) is 18.4. The zero-order chi connectivity index (χ0) is 22.1. The van der Waals surface area contributed by atoms with Crippen LogP contribution in [0, 0.1) is 0 Å². The number of ketones is 1. The Morgan fingerprint density at radius 3 is 2.55 bits per heavy atom. The lowest BCUT2D eigenvalue weighted by Gasteiger charge is -2.35. The number of hydrogen-bond acceptors (Lipinski definition) is 6. The van der Waals surface area contributed by atoms with Crippen molar-refractivity contribution in [3.05, 3.63) is 76.5 Å². The molecule has 1 aliphatic heterocycles. The number of hydrogen-bond donors (Lipinski definition) is 1. The van der Waals surface area contributed by atoms with Gasteiger partial charge in [0, 0.05) is 43.2 Å². The van der Waals surface area contributed by atoms with Crippen molar-refractivity contribution in [2.75, 3.05) is 25.6 Å². The van der Waals surface area contributed by atoms with Crippen LogP contribution in [-0.4, -0.2) is 32.5 Å². The van der Waals surface area contributed by atoms with Crippen molar-refractivity contribution in [2.45, 2.75) is 38.5 Å². The molecule has 2 aromatic rings. The predicted octanol–water partition coefficient (Wildman–Crippen LogP) is 4.27. The Bertz CT molecular complexity index is 1050. The molecule has 162 valence electrons. The number of furan rings is 1. The number of rotatable bonds is 5. The van der Waals surface area contributed by atoms with E-state index in [4.69, 9.17) is 9.15 Å². The summed E-state index contributed by atoms with van der Waals surface area (Å²) in [4.78, 5) is 28.2. The van der Waals surface area contributed by atoms with Gasteiger partial charge < -0.3 is 19.4 Å². The van der Waals surface area contributed by atoms with Gasteiger partial charge in [0.25, 0.3) is 0 Å². The van der Waals surface area contributed by atoms with E-state index in [1.54, 1.807) is 19.3 Å². The molecule has 1 N–H and O–H groups in total. The Balaban J connectivity index is 1.71. The molecule has 2 aliphatic rings. The number of benzene rings is 1. The topological polar surface area (TPSA) is 71.8 Å². The maximum Gasteiger partial charge on any atom is 0.336 e. The highest BCUT2D eigenvalue weighted by Gasteiger charge is 2.42. The van der Waals surface area contributed by atoms with Crippen molar-refractivity contribution in [1.82, 2.24) is 5.32 Å². The maximum absolute atomic E-state index is 13.4. The largest absolute Gasteiger partial charge is 0.468 e. The van der Waals surface area contributed by atoms with Gasteiger partial charge in [0.1, 0.15) is 5.76 Å². The first-order valence-electron chi connectivity index (χ1n) is 10.6. The average molecular weight is 421 g/mol. The first-order chi connectivity index (χ1) is 14.9. The van der Waals surface area contributed by atoms with Crippen LogP contribution in [0.3, 0.4) is 0 Å². The van der Waals surface area contributed by atoms with Gasteiger partial charge in [-0.15, -0.1) is 0 Å². The van der Waals surface area contributed by atoms with Crippen LogP contribution in [0.15, 0.2) is 69.6 Å². The molecular formula is C25H28N2O4. The van der Waals surface area contributed by atoms with Crippen LogP contribution in [0.5, 0.6) is 0 Å². The molecule has 1 aromatic heterocycles. The molecule has 0 unspecified atom stereocenters. The standard InChI is InChI=1S/C25H28N2O4/c1-5-30-25(29)22-15(2)26-19-13-17(16-8-10-18(11-9-16)27(3)4)14-20(28)23(19)24(22)21-7-6-12-31-21/h6-12,17,24,26H,5,13-14H2,1-4H3/t17-,24+/m1/s1. The number of carbonyl (C=O) groups excluding carboxylic acids is 2. The minimum atomic E-state index is -0.546. The van der Waals surface area contributed by atoms with Crippen LogP contribution in [-0.2, 0) is 14.3 Å². The molecule has 4 rings (SSSR count). The van der Waals surface area contributed by atoms with Gasteiger partial charge >= 0.3 is 5.97 Å². The van der Waals surface area contributed by atoms with Crippen LogP contribution < -0.4 is 10.2 Å². The number of anilines is 1. The molecule has 0 amide bonds. The molecule has 6 nitrogen and oxygen atoms in total. The van der Waals surface area contributed by atoms with E-state index in [9.17, 15) is 9.59 Å². The summed E-state index contributed by atoms with van der Waals surface area (Å²) in [6, 6.07) is 11.9. The van der Waals surface area contributed by atoms with Gasteiger partial charge in [-0.3, -0.25) is 4.79 Å². The van der Waals surface area contributed by atoms with E-state index < -0.39 is 11.9 Å². The highest BCUT2D eigenvalue weighted by molar-refractivity contribution is 6.04. The van der Waals surface area contributed by atoms with Gasteiger partial charge in [-0.05, 0) is 56.0 Å². The molecular weight excluding hydrogens is 392 g/mol. The lowest BCUT2D eigenvalue weighted by Crippen LogP contribution is -2.36. The van der Waals surface area contributed by atoms with Crippen molar-refractivity contribution in [3.63, 3.8) is 0 Å². The smallest absolute Gasteiger partial charge is 0.336 e. The normalized spacial score (nSPS) is 21.0. The molecule has 2 heterocycles. The van der Waals surface area contributed by atoms with Gasteiger partial charge in [-0.1, -0.05) is 12.1 Å². The number of allylic oxidation sites excluding steroid dienone is 3. The lowest BCUT2D eigenvalue weighted by atomic mass is 9.73. The quantitative estimate of drug-likeness (QED) is 0.729. The van der Waals surface area contributed by atoms with Gasteiger partial charge in [-0.25, -0.2) is 4.79 Å². The number of Topliss-reactive ketones (excluding diaryl/α,β-unsaturated/α-hetero) is 1. The summed E-state index contributed by atoms with van der Waals surface area (Å²) in [7, 11) is 4.01. The second-order valence-electron chi connectivity index (χ2n) is 8.24. The molecule has 0 saturated heterocycles. The third-order valence-electron chi connectivity index (χ3n) is 6.03. The Kier molecular flexibility index (Phi) is 5.72. The highest BCUT2D eigenvalue weighted by atomic mass is 16.5. The first kappa shape index (κ1) is 21.0. The molecule has 0 saturated carbocycles. The number of esters is 1. The highest BCUT2D eigenvalue weighted by Crippen LogP contribution is 2.45. The third-order valence-corrected chi connectivity index (χ3v) is 6.03. The van der Waals surface area contributed by atoms with Crippen molar-refractivity contribution in [3.8, 4) is 0 Å². The number of nitrogens with one attached hydrogen (secondary N) is 1. The summed E-state index contributed by atoms with van der Waals surface area (Å²) in [6.07, 6.45) is 2.67. The molecule has 0 fully saturated rings. The minimum Gasteiger partial charge on any atom is -0.468 e. The van der Waals surface area contributed by atoms with Crippen molar-refractivity contribution < 1.29 is 18.7 Å². The fraction of sp³-hybridized carbons (Fsp3) is 0.360. The van der Waals surface area contributed by atoms with E-state index >= 15 is 0 Å². The summed E-state index contributed by atoms with van der Waals surface area (Å²) < 4.78 is 11.0. The summed E-state index contributed by atoms with van der Waals surface area (Å²) in [5.41, 5.74) is 4.89. The fourth-order valence-electron chi connectivity index (χ4n) is 4.54. The average Bonchev–Trinajstić information content (AvgIpc) is 3.27. The molecule has 0 radical (unpaired) electrons. The van der Waals surface area contributed by atoms with E-state index in [-0.39, 0.29) is 18.3 Å². The second-order valence-corrected chi connectivity index (χ2v) is 8.24. The third kappa shape index (κ3) is 3.90. The number of carbonyl (C=O) groups is 2. The lowest BCUT2D eigenvalue weighted by molar-refractivity contribution is -0.138. The van der Waals surface area contributed by atoms with Crippen LogP contribution in [0.1, 0.15) is 49.8 Å². The van der Waals surface area contributed by atoms with Crippen molar-refractivity contribution in [2.24, 2.45) is 0 Å². The predicted molar refractivity (Wildman–Crippen MR) is 119 cm³/mol. The van der Waals surface area contributed by atoms with E-state index in [0.717, 1.165) is 16.9 Å². The fourth-order valence-corrected chi connectivity index (χ4v) is 4.54. The second kappa shape index (κ2) is 8.46. The molecule has 6 heteroatoms. The van der Waals surface area contributed by atoms with Gasteiger partial charge in [-0.2, -0.15) is 0 Å². The first-order valence-corrected chi connectivity index (χ1v) is 10.6. The summed E-state index contributed by atoms with van der Waals surface area (Å²) >= 11 is 0. The van der Waals surface area contributed by atoms with Crippen molar-refractivity contribution in [1.29, 1.82) is 0 Å². The Hall–Kier alpha value is -3.28. The van der Waals surface area contributed by atoms with E-state index in [1.807, 2.05) is 27.1 Å². The molecule has 0 spiro atoms. The monoisotopic (exact) mass is 420 g/mol.